The fraction of sp³-hybridized carbons (Fsp3) is 0.333. The minimum absolute atomic E-state index is 0.00230. The molecular formula is C12H13ClN2O. The Labute approximate surface area is 100 Å². The van der Waals surface area contributed by atoms with Crippen molar-refractivity contribution in [3.8, 4) is 6.07 Å². The molecule has 0 N–H and O–H groups in total. The number of likely N-dealkylation sites (N-methyl/N-ethyl adjacent to an activating group) is 1. The molecule has 1 aromatic carbocycles. The van der Waals surface area contributed by atoms with Crippen molar-refractivity contribution in [2.24, 2.45) is 0 Å². The highest BCUT2D eigenvalue weighted by Crippen LogP contribution is 2.11. The van der Waals surface area contributed by atoms with Gasteiger partial charge in [-0.25, -0.2) is 0 Å². The molecule has 0 unspecified atom stereocenters. The quantitative estimate of drug-likeness (QED) is 0.805. The van der Waals surface area contributed by atoms with Crippen LogP contribution in [0, 0.1) is 11.3 Å². The normalized spacial score (nSPS) is 9.56. The van der Waals surface area contributed by atoms with Gasteiger partial charge in [0.2, 0.25) is 5.91 Å². The monoisotopic (exact) mass is 236 g/mol. The molecule has 0 heterocycles. The number of benzene rings is 1. The number of nitriles is 1. The first-order valence-corrected chi connectivity index (χ1v) is 5.36. The summed E-state index contributed by atoms with van der Waals surface area (Å²) in [4.78, 5) is 13.3. The Morgan fingerprint density at radius 3 is 2.94 bits per heavy atom. The Bertz CT molecular complexity index is 412. The summed E-state index contributed by atoms with van der Waals surface area (Å²) in [6.07, 6.45) is 0.681. The second-order valence-corrected chi connectivity index (χ2v) is 3.97. The van der Waals surface area contributed by atoms with Crippen molar-refractivity contribution < 1.29 is 4.79 Å². The lowest BCUT2D eigenvalue weighted by atomic mass is 10.1. The summed E-state index contributed by atoms with van der Waals surface area (Å²) >= 11 is 5.82. The lowest BCUT2D eigenvalue weighted by Gasteiger charge is -2.15. The molecule has 1 amide bonds. The van der Waals surface area contributed by atoms with Gasteiger partial charge in [-0.3, -0.25) is 4.79 Å². The van der Waals surface area contributed by atoms with E-state index in [-0.39, 0.29) is 5.91 Å². The number of hydrogen-bond acceptors (Lipinski definition) is 2. The molecule has 0 aliphatic rings. The lowest BCUT2D eigenvalue weighted by Crippen LogP contribution is -2.28. The highest BCUT2D eigenvalue weighted by atomic mass is 35.5. The molecule has 0 aliphatic carbocycles. The number of nitrogens with zero attached hydrogens (tertiary/aromatic N) is 2. The number of carbonyl (C=O) groups excluding carboxylic acids is 1. The van der Waals surface area contributed by atoms with Crippen LogP contribution in [0.3, 0.4) is 0 Å². The third-order valence-electron chi connectivity index (χ3n) is 2.23. The van der Waals surface area contributed by atoms with Gasteiger partial charge in [0, 0.05) is 18.6 Å². The minimum atomic E-state index is -0.00230. The predicted octanol–water partition coefficient (Wildman–Crippen LogP) is 2.25. The molecule has 3 nitrogen and oxygen atoms in total. The van der Waals surface area contributed by atoms with Crippen LogP contribution < -0.4 is 0 Å². The van der Waals surface area contributed by atoms with Gasteiger partial charge in [-0.15, -0.1) is 0 Å². The van der Waals surface area contributed by atoms with Crippen LogP contribution in [0.15, 0.2) is 24.3 Å². The fourth-order valence-electron chi connectivity index (χ4n) is 1.30. The first kappa shape index (κ1) is 12.5. The first-order chi connectivity index (χ1) is 7.63. The summed E-state index contributed by atoms with van der Waals surface area (Å²) in [6, 6.07) is 9.24. The minimum Gasteiger partial charge on any atom is -0.344 e. The van der Waals surface area contributed by atoms with E-state index in [1.807, 2.05) is 18.2 Å². The van der Waals surface area contributed by atoms with E-state index in [0.717, 1.165) is 5.56 Å². The lowest BCUT2D eigenvalue weighted by molar-refractivity contribution is -0.129. The summed E-state index contributed by atoms with van der Waals surface area (Å²) in [7, 11) is 1.70. The van der Waals surface area contributed by atoms with Crippen molar-refractivity contribution in [3.63, 3.8) is 0 Å². The van der Waals surface area contributed by atoms with E-state index in [1.54, 1.807) is 24.1 Å². The molecule has 0 saturated heterocycles. The number of halogens is 1. The molecule has 0 fully saturated rings. The molecule has 0 spiro atoms. The van der Waals surface area contributed by atoms with Gasteiger partial charge in [-0.05, 0) is 17.7 Å². The summed E-state index contributed by atoms with van der Waals surface area (Å²) in [6.45, 7) is 0.468. The predicted molar refractivity (Wildman–Crippen MR) is 63.0 cm³/mol. The van der Waals surface area contributed by atoms with Crippen LogP contribution >= 0.6 is 11.6 Å². The maximum atomic E-state index is 11.7. The summed E-state index contributed by atoms with van der Waals surface area (Å²) in [5, 5.41) is 9.05. The van der Waals surface area contributed by atoms with Gasteiger partial charge in [-0.2, -0.15) is 5.26 Å². The standard InChI is InChI=1S/C12H13ClN2O/c1-15(7-3-6-14)12(16)9-10-4-2-5-11(13)8-10/h2,4-5,8H,3,7,9H2,1H3. The Morgan fingerprint density at radius 1 is 1.56 bits per heavy atom. The Kier molecular flexibility index (Phi) is 4.81. The van der Waals surface area contributed by atoms with Gasteiger partial charge >= 0.3 is 0 Å². The van der Waals surface area contributed by atoms with E-state index >= 15 is 0 Å². The molecule has 4 heteroatoms. The number of carbonyl (C=O) groups is 1. The van der Waals surface area contributed by atoms with E-state index in [0.29, 0.717) is 24.4 Å². The molecule has 0 bridgehead atoms. The molecule has 0 radical (unpaired) electrons. The van der Waals surface area contributed by atoms with Crippen molar-refractivity contribution in [2.75, 3.05) is 13.6 Å². The van der Waals surface area contributed by atoms with E-state index < -0.39 is 0 Å². The van der Waals surface area contributed by atoms with E-state index in [9.17, 15) is 4.79 Å². The molecule has 1 rings (SSSR count). The number of hydrogen-bond donors (Lipinski definition) is 0. The van der Waals surface area contributed by atoms with Crippen molar-refractivity contribution >= 4 is 17.5 Å². The van der Waals surface area contributed by atoms with Crippen LogP contribution in [-0.4, -0.2) is 24.4 Å². The summed E-state index contributed by atoms with van der Waals surface area (Å²) in [5.41, 5.74) is 0.890. The van der Waals surface area contributed by atoms with Crippen LogP contribution in [0.5, 0.6) is 0 Å². The summed E-state index contributed by atoms with van der Waals surface area (Å²) < 4.78 is 0. The maximum absolute atomic E-state index is 11.7. The maximum Gasteiger partial charge on any atom is 0.226 e. The zero-order valence-corrected chi connectivity index (χ0v) is 9.87. The van der Waals surface area contributed by atoms with Crippen LogP contribution in [0.25, 0.3) is 0 Å². The van der Waals surface area contributed by atoms with Crippen molar-refractivity contribution in [1.82, 2.24) is 4.90 Å². The molecule has 0 aromatic heterocycles. The second kappa shape index (κ2) is 6.14. The highest BCUT2D eigenvalue weighted by Gasteiger charge is 2.09. The molecule has 16 heavy (non-hydrogen) atoms. The average molecular weight is 237 g/mol. The molecule has 0 atom stereocenters. The van der Waals surface area contributed by atoms with Crippen molar-refractivity contribution in [2.45, 2.75) is 12.8 Å². The molecule has 1 aromatic rings. The second-order valence-electron chi connectivity index (χ2n) is 3.53. The Balaban J connectivity index is 2.54. The highest BCUT2D eigenvalue weighted by molar-refractivity contribution is 6.30. The largest absolute Gasteiger partial charge is 0.344 e. The third kappa shape index (κ3) is 3.92. The third-order valence-corrected chi connectivity index (χ3v) is 2.46. The molecular weight excluding hydrogens is 224 g/mol. The topological polar surface area (TPSA) is 44.1 Å². The molecule has 0 saturated carbocycles. The van der Waals surface area contributed by atoms with Gasteiger partial charge in [0.1, 0.15) is 0 Å². The summed E-state index contributed by atoms with van der Waals surface area (Å²) in [5.74, 6) is -0.00230. The van der Waals surface area contributed by atoms with E-state index in [4.69, 9.17) is 16.9 Å². The van der Waals surface area contributed by atoms with Gasteiger partial charge in [0.15, 0.2) is 0 Å². The van der Waals surface area contributed by atoms with Gasteiger partial charge in [0.25, 0.3) is 0 Å². The van der Waals surface area contributed by atoms with Gasteiger partial charge in [0.05, 0.1) is 18.9 Å². The van der Waals surface area contributed by atoms with Crippen LogP contribution in [0.4, 0.5) is 0 Å². The Morgan fingerprint density at radius 2 is 2.31 bits per heavy atom. The molecule has 84 valence electrons. The smallest absolute Gasteiger partial charge is 0.226 e. The zero-order chi connectivity index (χ0) is 12.0. The van der Waals surface area contributed by atoms with E-state index in [1.165, 1.54) is 0 Å². The fourth-order valence-corrected chi connectivity index (χ4v) is 1.51. The number of amides is 1. The number of rotatable bonds is 4. The SMILES string of the molecule is CN(CCC#N)C(=O)Cc1cccc(Cl)c1. The van der Waals surface area contributed by atoms with Gasteiger partial charge < -0.3 is 4.90 Å². The average Bonchev–Trinajstić information content (AvgIpc) is 2.25. The van der Waals surface area contributed by atoms with Crippen molar-refractivity contribution in [1.29, 1.82) is 5.26 Å². The van der Waals surface area contributed by atoms with Gasteiger partial charge in [-0.1, -0.05) is 23.7 Å². The van der Waals surface area contributed by atoms with Crippen molar-refractivity contribution in [3.05, 3.63) is 34.9 Å². The zero-order valence-electron chi connectivity index (χ0n) is 9.11. The van der Waals surface area contributed by atoms with E-state index in [2.05, 4.69) is 0 Å². The van der Waals surface area contributed by atoms with Crippen LogP contribution in [0.1, 0.15) is 12.0 Å². The Hall–Kier alpha value is -1.53. The van der Waals surface area contributed by atoms with Crippen LogP contribution in [-0.2, 0) is 11.2 Å². The first-order valence-electron chi connectivity index (χ1n) is 4.99. The van der Waals surface area contributed by atoms with Crippen LogP contribution in [0.2, 0.25) is 5.02 Å². The molecule has 0 aliphatic heterocycles.